The first-order chi connectivity index (χ1) is 9.56. The smallest absolute Gasteiger partial charge is 0.233 e. The third-order valence-electron chi connectivity index (χ3n) is 3.65. The molecule has 110 valence electrons. The number of nitrogen functional groups attached to an aromatic ring is 1. The van der Waals surface area contributed by atoms with Crippen LogP contribution in [0.15, 0.2) is 23.1 Å². The van der Waals surface area contributed by atoms with Crippen LogP contribution >= 0.6 is 0 Å². The molecule has 0 radical (unpaired) electrons. The van der Waals surface area contributed by atoms with Crippen molar-refractivity contribution in [3.05, 3.63) is 23.8 Å². The molecule has 5 heteroatoms. The Morgan fingerprint density at radius 3 is 2.75 bits per heavy atom. The Balaban J connectivity index is 1.93. The van der Waals surface area contributed by atoms with Gasteiger partial charge < -0.3 is 11.1 Å². The van der Waals surface area contributed by atoms with Gasteiger partial charge in [0, 0.05) is 11.7 Å². The fourth-order valence-electron chi connectivity index (χ4n) is 2.55. The van der Waals surface area contributed by atoms with Crippen molar-refractivity contribution in [1.29, 1.82) is 0 Å². The van der Waals surface area contributed by atoms with Gasteiger partial charge in [0.25, 0.3) is 0 Å². The van der Waals surface area contributed by atoms with Crippen molar-refractivity contribution in [2.24, 2.45) is 0 Å². The molecule has 0 heterocycles. The van der Waals surface area contributed by atoms with Crippen LogP contribution in [0.1, 0.15) is 37.7 Å². The summed E-state index contributed by atoms with van der Waals surface area (Å²) in [7, 11) is -1.38. The van der Waals surface area contributed by atoms with Crippen LogP contribution in [-0.4, -0.2) is 21.9 Å². The Morgan fingerprint density at radius 2 is 2.05 bits per heavy atom. The van der Waals surface area contributed by atoms with Gasteiger partial charge in [0.15, 0.2) is 0 Å². The Kier molecular flexibility index (Phi) is 5.17. The number of carbonyl (C=O) groups excluding carboxylic acids is 1. The number of aryl methyl sites for hydroxylation is 1. The van der Waals surface area contributed by atoms with E-state index in [0.29, 0.717) is 10.6 Å². The number of benzene rings is 1. The highest BCUT2D eigenvalue weighted by atomic mass is 32.2. The van der Waals surface area contributed by atoms with Gasteiger partial charge in [-0.05, 0) is 37.5 Å². The Hall–Kier alpha value is -1.36. The number of amides is 1. The largest absolute Gasteiger partial charge is 0.398 e. The van der Waals surface area contributed by atoms with Gasteiger partial charge in [-0.3, -0.25) is 9.00 Å². The van der Waals surface area contributed by atoms with Gasteiger partial charge in [-0.1, -0.05) is 25.3 Å². The molecule has 0 bridgehead atoms. The number of hydrogen-bond acceptors (Lipinski definition) is 3. The maximum atomic E-state index is 12.2. The first-order valence-electron chi connectivity index (χ1n) is 7.10. The van der Waals surface area contributed by atoms with Crippen molar-refractivity contribution >= 4 is 22.4 Å². The van der Waals surface area contributed by atoms with E-state index in [4.69, 9.17) is 5.73 Å². The van der Waals surface area contributed by atoms with E-state index in [1.165, 1.54) is 19.3 Å². The second-order valence-electron chi connectivity index (χ2n) is 5.43. The molecule has 1 aromatic rings. The monoisotopic (exact) mass is 294 g/mol. The molecular formula is C15H22N2O2S. The summed E-state index contributed by atoms with van der Waals surface area (Å²) in [6.07, 6.45) is 5.64. The molecule has 3 N–H and O–H groups in total. The summed E-state index contributed by atoms with van der Waals surface area (Å²) in [6, 6.07) is 5.65. The highest BCUT2D eigenvalue weighted by Gasteiger charge is 2.18. The average molecular weight is 294 g/mol. The molecule has 2 rings (SSSR count). The minimum absolute atomic E-state index is 0.00977. The molecule has 0 spiro atoms. The molecule has 4 nitrogen and oxygen atoms in total. The van der Waals surface area contributed by atoms with E-state index in [1.807, 2.05) is 13.0 Å². The zero-order chi connectivity index (χ0) is 14.5. The first-order valence-corrected chi connectivity index (χ1v) is 8.42. The summed E-state index contributed by atoms with van der Waals surface area (Å²) in [5, 5.41) is 2.98. The molecule has 1 aliphatic rings. The van der Waals surface area contributed by atoms with Crippen LogP contribution in [0.3, 0.4) is 0 Å². The van der Waals surface area contributed by atoms with Gasteiger partial charge in [-0.25, -0.2) is 0 Å². The molecule has 1 fully saturated rings. The van der Waals surface area contributed by atoms with Crippen molar-refractivity contribution < 1.29 is 9.00 Å². The van der Waals surface area contributed by atoms with Gasteiger partial charge in [-0.2, -0.15) is 0 Å². The van der Waals surface area contributed by atoms with E-state index < -0.39 is 10.8 Å². The molecule has 1 atom stereocenters. The lowest BCUT2D eigenvalue weighted by molar-refractivity contribution is -0.119. The SMILES string of the molecule is Cc1ccc(N)c(S(=O)CC(=O)NC2CCCCC2)c1. The molecule has 1 unspecified atom stereocenters. The van der Waals surface area contributed by atoms with E-state index >= 15 is 0 Å². The summed E-state index contributed by atoms with van der Waals surface area (Å²) in [6.45, 7) is 1.92. The van der Waals surface area contributed by atoms with Gasteiger partial charge >= 0.3 is 0 Å². The molecule has 1 saturated carbocycles. The van der Waals surface area contributed by atoms with Gasteiger partial charge in [0.1, 0.15) is 5.75 Å². The van der Waals surface area contributed by atoms with Gasteiger partial charge in [0.05, 0.1) is 15.7 Å². The third kappa shape index (κ3) is 4.07. The van der Waals surface area contributed by atoms with Crippen molar-refractivity contribution in [3.63, 3.8) is 0 Å². The second kappa shape index (κ2) is 6.88. The number of carbonyl (C=O) groups is 1. The third-order valence-corrected chi connectivity index (χ3v) is 5.02. The quantitative estimate of drug-likeness (QED) is 0.836. The standard InChI is InChI=1S/C15H22N2O2S/c1-11-7-8-13(16)14(9-11)20(19)10-15(18)17-12-5-3-2-4-6-12/h7-9,12H,2-6,10,16H2,1H3,(H,17,18). The fourth-order valence-corrected chi connectivity index (χ4v) is 3.68. The Morgan fingerprint density at radius 1 is 1.35 bits per heavy atom. The number of hydrogen-bond donors (Lipinski definition) is 2. The van der Waals surface area contributed by atoms with Crippen molar-refractivity contribution in [2.45, 2.75) is 50.0 Å². The maximum absolute atomic E-state index is 12.2. The number of nitrogens with one attached hydrogen (secondary N) is 1. The van der Waals surface area contributed by atoms with E-state index in [9.17, 15) is 9.00 Å². The van der Waals surface area contributed by atoms with Gasteiger partial charge in [-0.15, -0.1) is 0 Å². The number of anilines is 1. The lowest BCUT2D eigenvalue weighted by atomic mass is 9.95. The highest BCUT2D eigenvalue weighted by Crippen LogP contribution is 2.19. The maximum Gasteiger partial charge on any atom is 0.233 e. The van der Waals surface area contributed by atoms with Crippen LogP contribution < -0.4 is 11.1 Å². The topological polar surface area (TPSA) is 72.2 Å². The van der Waals surface area contributed by atoms with Gasteiger partial charge in [0.2, 0.25) is 5.91 Å². The highest BCUT2D eigenvalue weighted by molar-refractivity contribution is 7.86. The minimum Gasteiger partial charge on any atom is -0.398 e. The second-order valence-corrected chi connectivity index (χ2v) is 6.85. The lowest BCUT2D eigenvalue weighted by Gasteiger charge is -2.22. The fraction of sp³-hybridized carbons (Fsp3) is 0.533. The first kappa shape index (κ1) is 15.0. The summed E-state index contributed by atoms with van der Waals surface area (Å²) >= 11 is 0. The summed E-state index contributed by atoms with van der Waals surface area (Å²) in [5.74, 6) is -0.152. The normalized spacial score (nSPS) is 17.6. The van der Waals surface area contributed by atoms with E-state index in [2.05, 4.69) is 5.32 Å². The summed E-state index contributed by atoms with van der Waals surface area (Å²) < 4.78 is 12.2. The molecule has 0 saturated heterocycles. The molecule has 1 aliphatic carbocycles. The van der Waals surface area contributed by atoms with Crippen molar-refractivity contribution in [2.75, 3.05) is 11.5 Å². The molecule has 1 amide bonds. The molecule has 20 heavy (non-hydrogen) atoms. The predicted octanol–water partition coefficient (Wildman–Crippen LogP) is 2.13. The Labute approximate surface area is 122 Å². The number of nitrogens with two attached hydrogens (primary N) is 1. The zero-order valence-electron chi connectivity index (χ0n) is 11.9. The van der Waals surface area contributed by atoms with Crippen molar-refractivity contribution in [1.82, 2.24) is 5.32 Å². The average Bonchev–Trinajstić information content (AvgIpc) is 2.42. The Bertz CT molecular complexity index is 511. The van der Waals surface area contributed by atoms with Crippen molar-refractivity contribution in [3.8, 4) is 0 Å². The van der Waals surface area contributed by atoms with Crippen LogP contribution in [0.25, 0.3) is 0 Å². The molecule has 0 aromatic heterocycles. The summed E-state index contributed by atoms with van der Waals surface area (Å²) in [5.41, 5.74) is 7.31. The van der Waals surface area contributed by atoms with Crippen LogP contribution in [0.4, 0.5) is 5.69 Å². The molecule has 1 aromatic carbocycles. The molecule has 0 aliphatic heterocycles. The molecular weight excluding hydrogens is 272 g/mol. The predicted molar refractivity (Wildman–Crippen MR) is 81.9 cm³/mol. The minimum atomic E-state index is -1.38. The summed E-state index contributed by atoms with van der Waals surface area (Å²) in [4.78, 5) is 12.5. The van der Waals surface area contributed by atoms with E-state index in [0.717, 1.165) is 18.4 Å². The number of rotatable bonds is 4. The van der Waals surface area contributed by atoms with Crippen LogP contribution in [0.2, 0.25) is 0 Å². The zero-order valence-corrected chi connectivity index (χ0v) is 12.7. The van der Waals surface area contributed by atoms with Crippen LogP contribution in [0.5, 0.6) is 0 Å². The van der Waals surface area contributed by atoms with E-state index in [-0.39, 0.29) is 17.7 Å². The lowest BCUT2D eigenvalue weighted by Crippen LogP contribution is -2.38. The van der Waals surface area contributed by atoms with Crippen LogP contribution in [0, 0.1) is 6.92 Å². The van der Waals surface area contributed by atoms with Crippen LogP contribution in [-0.2, 0) is 15.6 Å². The van der Waals surface area contributed by atoms with E-state index in [1.54, 1.807) is 12.1 Å².